The predicted molar refractivity (Wildman–Crippen MR) is 198 cm³/mol. The van der Waals surface area contributed by atoms with Gasteiger partial charge in [0.1, 0.15) is 6.67 Å². The third kappa shape index (κ3) is 5.00. The fourth-order valence-corrected chi connectivity index (χ4v) is 14.5. The molecule has 5 fully saturated rings. The zero-order valence-corrected chi connectivity index (χ0v) is 32.3. The van der Waals surface area contributed by atoms with Gasteiger partial charge in [-0.25, -0.2) is 9.18 Å². The Bertz CT molecular complexity index is 1490. The van der Waals surface area contributed by atoms with Gasteiger partial charge in [0.05, 0.1) is 5.41 Å². The number of carboxylic acids is 1. The molecule has 0 bridgehead atoms. The number of fused-ring (bicyclic) bond motifs is 7. The van der Waals surface area contributed by atoms with E-state index in [4.69, 9.17) is 0 Å². The van der Waals surface area contributed by atoms with Crippen LogP contribution in [0.2, 0.25) is 0 Å². The molecule has 4 saturated carbocycles. The molecule has 6 nitrogen and oxygen atoms in total. The molecule has 0 aromatic rings. The standard InChI is InChI=1S/C43H66FN3O3/c1-28(2)30-13-20-43(45-23-24-47-26-25-46(8)37(47)50)22-21-40(6)32(35(30)43)9-10-34-39(5)16-14-31(38(3,4)33(39)15-17-41(34,40)7)29-11-18-42(27-44,19-12-29)36(48)49/h11,14,30,32-35,45H,1,9-10,12-13,15-27H2,2-8H3,(H,48,49)/t30-,32+,33-,34+,35+,39-,40+,41+,42-,43-/m0/s1. The molecule has 1 aliphatic heterocycles. The lowest BCUT2D eigenvalue weighted by atomic mass is 9.33. The summed E-state index contributed by atoms with van der Waals surface area (Å²) < 4.78 is 14.0. The van der Waals surface area contributed by atoms with Gasteiger partial charge in [0.2, 0.25) is 0 Å². The SMILES string of the molecule is C=C(C)[C@@H]1CC[C@]2(NCCN3CCN(C)C3=O)CC[C@]3(C)[C@H](CC[C@@H]4[C@@]5(C)CC=C(C6=CC[C@](CF)(C(=O)O)CC6)C(C)(C)[C@@H]5CC[C@]43C)[C@@H]12. The number of aliphatic carboxylic acids is 1. The number of hydrogen-bond acceptors (Lipinski definition) is 3. The molecule has 50 heavy (non-hydrogen) atoms. The van der Waals surface area contributed by atoms with Gasteiger partial charge in [-0.2, -0.15) is 0 Å². The number of rotatable bonds is 8. The van der Waals surface area contributed by atoms with Crippen LogP contribution in [0, 0.1) is 56.7 Å². The van der Waals surface area contributed by atoms with Gasteiger partial charge in [0, 0.05) is 38.8 Å². The third-order valence-electron chi connectivity index (χ3n) is 17.5. The van der Waals surface area contributed by atoms with E-state index in [0.29, 0.717) is 48.9 Å². The number of nitrogens with zero attached hydrogens (tertiary/aromatic N) is 2. The van der Waals surface area contributed by atoms with E-state index in [0.717, 1.165) is 32.6 Å². The van der Waals surface area contributed by atoms with Crippen LogP contribution in [0.4, 0.5) is 9.18 Å². The van der Waals surface area contributed by atoms with Gasteiger partial charge < -0.3 is 20.2 Å². The van der Waals surface area contributed by atoms with Crippen LogP contribution in [0.3, 0.4) is 0 Å². The molecule has 0 spiro atoms. The third-order valence-corrected chi connectivity index (χ3v) is 17.5. The van der Waals surface area contributed by atoms with Crippen molar-refractivity contribution in [3.05, 3.63) is 35.5 Å². The van der Waals surface area contributed by atoms with E-state index in [1.165, 1.54) is 68.1 Å². The van der Waals surface area contributed by atoms with Gasteiger partial charge in [-0.15, -0.1) is 0 Å². The summed E-state index contributed by atoms with van der Waals surface area (Å²) in [4.78, 5) is 28.5. The van der Waals surface area contributed by atoms with Gasteiger partial charge >= 0.3 is 12.0 Å². The monoisotopic (exact) mass is 692 g/mol. The summed E-state index contributed by atoms with van der Waals surface area (Å²) >= 11 is 0. The van der Waals surface area contributed by atoms with Crippen molar-refractivity contribution in [2.75, 3.05) is 39.9 Å². The smallest absolute Gasteiger partial charge is 0.319 e. The first-order chi connectivity index (χ1) is 23.5. The molecule has 1 heterocycles. The largest absolute Gasteiger partial charge is 0.481 e. The highest BCUT2D eigenvalue weighted by molar-refractivity contribution is 5.76. The molecular weight excluding hydrogens is 625 g/mol. The van der Waals surface area contributed by atoms with Crippen molar-refractivity contribution in [2.45, 2.75) is 124 Å². The van der Waals surface area contributed by atoms with E-state index >= 15 is 0 Å². The molecule has 7 heteroatoms. The number of hydrogen-bond donors (Lipinski definition) is 2. The number of urea groups is 1. The minimum absolute atomic E-state index is 0.00940. The van der Waals surface area contributed by atoms with Crippen LogP contribution in [0.5, 0.6) is 0 Å². The molecule has 7 aliphatic rings. The summed E-state index contributed by atoms with van der Waals surface area (Å²) in [7, 11) is 1.91. The van der Waals surface area contributed by atoms with E-state index < -0.39 is 18.1 Å². The molecular formula is C43H66FN3O3. The Labute approximate surface area is 301 Å². The predicted octanol–water partition coefficient (Wildman–Crippen LogP) is 9.04. The molecule has 2 amide bonds. The highest BCUT2D eigenvalue weighted by Crippen LogP contribution is 2.76. The maximum absolute atomic E-state index is 14.0. The lowest BCUT2D eigenvalue weighted by molar-refractivity contribution is -0.221. The Kier molecular flexibility index (Phi) is 8.84. The van der Waals surface area contributed by atoms with E-state index in [1.54, 1.807) is 0 Å². The highest BCUT2D eigenvalue weighted by Gasteiger charge is 2.70. The number of alkyl halides is 1. The summed E-state index contributed by atoms with van der Waals surface area (Å²) in [6, 6.07) is 0.166. The molecule has 0 radical (unpaired) electrons. The average Bonchev–Trinajstić information content (AvgIpc) is 3.61. The summed E-state index contributed by atoms with van der Waals surface area (Å²) in [5.41, 5.74) is 3.64. The number of carboxylic acid groups (broad SMARTS) is 1. The first-order valence-corrected chi connectivity index (χ1v) is 20.1. The molecule has 2 N–H and O–H groups in total. The second-order valence-electron chi connectivity index (χ2n) is 19.7. The summed E-state index contributed by atoms with van der Waals surface area (Å²) in [6.45, 7) is 22.3. The quantitative estimate of drug-likeness (QED) is 0.249. The van der Waals surface area contributed by atoms with Gasteiger partial charge in [0.25, 0.3) is 0 Å². The Morgan fingerprint density at radius 2 is 1.72 bits per heavy atom. The highest BCUT2D eigenvalue weighted by atomic mass is 19.1. The van der Waals surface area contributed by atoms with Gasteiger partial charge in [0.15, 0.2) is 0 Å². The molecule has 1 saturated heterocycles. The van der Waals surface area contributed by atoms with Gasteiger partial charge in [-0.3, -0.25) is 4.79 Å². The summed E-state index contributed by atoms with van der Waals surface area (Å²) in [6.07, 6.45) is 17.0. The average molecular weight is 692 g/mol. The molecule has 278 valence electrons. The van der Waals surface area contributed by atoms with Gasteiger partial charge in [-0.1, -0.05) is 58.9 Å². The van der Waals surface area contributed by atoms with Crippen molar-refractivity contribution in [1.29, 1.82) is 0 Å². The number of amides is 2. The summed E-state index contributed by atoms with van der Waals surface area (Å²) in [5.74, 6) is 2.03. The number of likely N-dealkylation sites (N-methyl/N-ethyl adjacent to an activating group) is 1. The van der Waals surface area contributed by atoms with Crippen LogP contribution in [-0.2, 0) is 4.79 Å². The summed E-state index contributed by atoms with van der Waals surface area (Å²) in [5, 5.41) is 14.0. The molecule has 0 aromatic carbocycles. The Balaban J connectivity index is 1.15. The minimum Gasteiger partial charge on any atom is -0.481 e. The van der Waals surface area contributed by atoms with Crippen molar-refractivity contribution in [3.63, 3.8) is 0 Å². The van der Waals surface area contributed by atoms with Crippen LogP contribution in [0.25, 0.3) is 0 Å². The zero-order chi connectivity index (χ0) is 36.1. The lowest BCUT2D eigenvalue weighted by Gasteiger charge is -2.72. The van der Waals surface area contributed by atoms with Crippen molar-refractivity contribution in [2.24, 2.45) is 56.7 Å². The van der Waals surface area contributed by atoms with Gasteiger partial charge in [-0.05, 0) is 146 Å². The lowest BCUT2D eigenvalue weighted by Crippen LogP contribution is -2.68. The van der Waals surface area contributed by atoms with E-state index in [9.17, 15) is 19.1 Å². The van der Waals surface area contributed by atoms with Crippen LogP contribution in [0.15, 0.2) is 35.5 Å². The number of allylic oxidation sites excluding steroid dienone is 5. The topological polar surface area (TPSA) is 72.9 Å². The van der Waals surface area contributed by atoms with E-state index in [1.807, 2.05) is 16.8 Å². The maximum atomic E-state index is 14.0. The van der Waals surface area contributed by atoms with E-state index in [2.05, 4.69) is 65.6 Å². The minimum atomic E-state index is -1.25. The Morgan fingerprint density at radius 1 is 0.960 bits per heavy atom. The van der Waals surface area contributed by atoms with E-state index in [-0.39, 0.29) is 33.2 Å². The normalized spacial score (nSPS) is 45.2. The molecule has 7 rings (SSSR count). The second kappa shape index (κ2) is 12.2. The zero-order valence-electron chi connectivity index (χ0n) is 32.3. The fourth-order valence-electron chi connectivity index (χ4n) is 14.5. The second-order valence-corrected chi connectivity index (χ2v) is 19.7. The Morgan fingerprint density at radius 3 is 2.34 bits per heavy atom. The fraction of sp³-hybridized carbons (Fsp3) is 0.814. The number of carbonyl (C=O) groups excluding carboxylic acids is 1. The van der Waals surface area contributed by atoms with Crippen molar-refractivity contribution in [1.82, 2.24) is 15.1 Å². The van der Waals surface area contributed by atoms with Crippen LogP contribution in [-0.4, -0.2) is 72.3 Å². The molecule has 0 aromatic heterocycles. The van der Waals surface area contributed by atoms with Crippen molar-refractivity contribution >= 4 is 12.0 Å². The van der Waals surface area contributed by atoms with Crippen LogP contribution < -0.4 is 5.32 Å². The number of nitrogens with one attached hydrogen (secondary N) is 1. The molecule has 0 unspecified atom stereocenters. The Hall–Kier alpha value is -2.15. The first-order valence-electron chi connectivity index (χ1n) is 20.1. The van der Waals surface area contributed by atoms with Crippen molar-refractivity contribution in [3.8, 4) is 0 Å². The molecule has 10 atom stereocenters. The van der Waals surface area contributed by atoms with Crippen molar-refractivity contribution < 1.29 is 19.1 Å². The van der Waals surface area contributed by atoms with Crippen LogP contribution >= 0.6 is 0 Å². The number of carbonyl (C=O) groups is 2. The van der Waals surface area contributed by atoms with Crippen LogP contribution in [0.1, 0.15) is 119 Å². The molecule has 6 aliphatic carbocycles. The first kappa shape index (κ1) is 36.2. The number of halogens is 1. The maximum Gasteiger partial charge on any atom is 0.319 e.